The van der Waals surface area contributed by atoms with Gasteiger partial charge in [-0.25, -0.2) is 0 Å². The van der Waals surface area contributed by atoms with Crippen molar-refractivity contribution in [2.24, 2.45) is 0 Å². The summed E-state index contributed by atoms with van der Waals surface area (Å²) < 4.78 is 0. The number of fused-ring (bicyclic) bond motifs is 1. The van der Waals surface area contributed by atoms with Gasteiger partial charge in [0.1, 0.15) is 0 Å². The Morgan fingerprint density at radius 1 is 1.08 bits per heavy atom. The monoisotopic (exact) mass is 355 g/mol. The van der Waals surface area contributed by atoms with Crippen LogP contribution in [0.2, 0.25) is 5.02 Å². The third-order valence-corrected chi connectivity index (χ3v) is 5.32. The first-order valence-corrected chi connectivity index (χ1v) is 9.69. The van der Waals surface area contributed by atoms with Crippen molar-refractivity contribution in [3.63, 3.8) is 0 Å². The summed E-state index contributed by atoms with van der Waals surface area (Å²) in [6.07, 6.45) is 7.09. The number of hydrogen-bond acceptors (Lipinski definition) is 1. The summed E-state index contributed by atoms with van der Waals surface area (Å²) in [5, 5.41) is 3.93. The minimum Gasteiger partial charge on any atom is -0.349 e. The molecule has 0 aliphatic heterocycles. The Bertz CT molecular complexity index is 723. The molecule has 0 saturated heterocycles. The number of nitrogens with one attached hydrogen (secondary N) is 1. The quantitative estimate of drug-likeness (QED) is 0.736. The third-order valence-electron chi connectivity index (χ3n) is 5.07. The van der Waals surface area contributed by atoms with E-state index in [1.54, 1.807) is 0 Å². The van der Waals surface area contributed by atoms with Gasteiger partial charge in [0.2, 0.25) is 5.91 Å². The van der Waals surface area contributed by atoms with Crippen LogP contribution in [0.4, 0.5) is 0 Å². The summed E-state index contributed by atoms with van der Waals surface area (Å²) >= 11 is 5.90. The second-order valence-electron chi connectivity index (χ2n) is 6.89. The lowest BCUT2D eigenvalue weighted by Crippen LogP contribution is -2.28. The maximum Gasteiger partial charge on any atom is 0.220 e. The molecule has 0 fully saturated rings. The highest BCUT2D eigenvalue weighted by Crippen LogP contribution is 2.26. The van der Waals surface area contributed by atoms with Crippen LogP contribution in [0.5, 0.6) is 0 Å². The average molecular weight is 356 g/mol. The summed E-state index contributed by atoms with van der Waals surface area (Å²) in [5.41, 5.74) is 5.33. The van der Waals surface area contributed by atoms with Gasteiger partial charge in [0.25, 0.3) is 0 Å². The largest absolute Gasteiger partial charge is 0.349 e. The standard InChI is InChI=1S/C22H26ClNO/c1-2-21(19-11-10-17-5-3-4-6-18(17)15-19)24-22(25)14-9-16-7-12-20(23)13-8-16/h7-8,10-13,15,21H,2-6,9,14H2,1H3,(H,24,25)/t21-/m1/s1. The fourth-order valence-corrected chi connectivity index (χ4v) is 3.69. The molecule has 132 valence electrons. The first kappa shape index (κ1) is 18.0. The molecule has 2 aromatic rings. The molecule has 1 aliphatic carbocycles. The molecular formula is C22H26ClNO. The Morgan fingerprint density at radius 2 is 1.80 bits per heavy atom. The zero-order valence-corrected chi connectivity index (χ0v) is 15.6. The molecule has 0 spiro atoms. The summed E-state index contributed by atoms with van der Waals surface area (Å²) in [5.74, 6) is 0.111. The van der Waals surface area contributed by atoms with Gasteiger partial charge in [0, 0.05) is 11.4 Å². The zero-order chi connectivity index (χ0) is 17.6. The predicted octanol–water partition coefficient (Wildman–Crippen LogP) is 5.42. The van der Waals surface area contributed by atoms with Gasteiger partial charge >= 0.3 is 0 Å². The predicted molar refractivity (Wildman–Crippen MR) is 104 cm³/mol. The molecule has 1 N–H and O–H groups in total. The van der Waals surface area contributed by atoms with Crippen molar-refractivity contribution in [1.29, 1.82) is 0 Å². The normalized spacial score (nSPS) is 14.6. The molecule has 1 aliphatic rings. The van der Waals surface area contributed by atoms with Gasteiger partial charge in [0.05, 0.1) is 6.04 Å². The average Bonchev–Trinajstić information content (AvgIpc) is 2.65. The van der Waals surface area contributed by atoms with Crippen molar-refractivity contribution in [1.82, 2.24) is 5.32 Å². The van der Waals surface area contributed by atoms with Crippen molar-refractivity contribution in [3.8, 4) is 0 Å². The van der Waals surface area contributed by atoms with Crippen LogP contribution in [0.3, 0.4) is 0 Å². The minimum atomic E-state index is 0.102. The van der Waals surface area contributed by atoms with E-state index in [2.05, 4.69) is 30.4 Å². The highest BCUT2D eigenvalue weighted by Gasteiger charge is 2.16. The first-order valence-electron chi connectivity index (χ1n) is 9.31. The van der Waals surface area contributed by atoms with Gasteiger partial charge in [-0.05, 0) is 72.9 Å². The van der Waals surface area contributed by atoms with Crippen molar-refractivity contribution in [2.45, 2.75) is 57.9 Å². The number of carbonyl (C=O) groups excluding carboxylic acids is 1. The molecule has 0 bridgehead atoms. The Kier molecular flexibility index (Phi) is 6.14. The fraction of sp³-hybridized carbons (Fsp3) is 0.409. The lowest BCUT2D eigenvalue weighted by molar-refractivity contribution is -0.121. The summed E-state index contributed by atoms with van der Waals surface area (Å²) in [4.78, 5) is 12.4. The number of carbonyl (C=O) groups is 1. The van der Waals surface area contributed by atoms with E-state index in [1.165, 1.54) is 42.4 Å². The van der Waals surface area contributed by atoms with E-state index < -0.39 is 0 Å². The van der Waals surface area contributed by atoms with E-state index in [9.17, 15) is 4.79 Å². The second-order valence-corrected chi connectivity index (χ2v) is 7.33. The van der Waals surface area contributed by atoms with E-state index in [4.69, 9.17) is 11.6 Å². The highest BCUT2D eigenvalue weighted by atomic mass is 35.5. The van der Waals surface area contributed by atoms with Gasteiger partial charge in [0.15, 0.2) is 0 Å². The number of rotatable bonds is 6. The number of aryl methyl sites for hydroxylation is 3. The Morgan fingerprint density at radius 3 is 2.52 bits per heavy atom. The highest BCUT2D eigenvalue weighted by molar-refractivity contribution is 6.30. The maximum absolute atomic E-state index is 12.4. The number of benzene rings is 2. The molecular weight excluding hydrogens is 330 g/mol. The van der Waals surface area contributed by atoms with Crippen LogP contribution in [0, 0.1) is 0 Å². The molecule has 3 rings (SSSR count). The Labute approximate surface area is 155 Å². The number of hydrogen-bond donors (Lipinski definition) is 1. The maximum atomic E-state index is 12.4. The SMILES string of the molecule is CC[C@@H](NC(=O)CCc1ccc(Cl)cc1)c1ccc2c(c1)CCCC2. The van der Waals surface area contributed by atoms with E-state index >= 15 is 0 Å². The summed E-state index contributed by atoms with van der Waals surface area (Å²) in [6.45, 7) is 2.13. The molecule has 2 nitrogen and oxygen atoms in total. The van der Waals surface area contributed by atoms with Gasteiger partial charge < -0.3 is 5.32 Å². The lowest BCUT2D eigenvalue weighted by atomic mass is 9.89. The van der Waals surface area contributed by atoms with Gasteiger partial charge in [-0.3, -0.25) is 4.79 Å². The molecule has 2 aromatic carbocycles. The van der Waals surface area contributed by atoms with Gasteiger partial charge in [-0.1, -0.05) is 48.9 Å². The Balaban J connectivity index is 1.59. The van der Waals surface area contributed by atoms with Gasteiger partial charge in [-0.15, -0.1) is 0 Å². The van der Waals surface area contributed by atoms with Crippen LogP contribution in [0.15, 0.2) is 42.5 Å². The van der Waals surface area contributed by atoms with Crippen molar-refractivity contribution in [3.05, 3.63) is 69.7 Å². The summed E-state index contributed by atoms with van der Waals surface area (Å²) in [7, 11) is 0. The zero-order valence-electron chi connectivity index (χ0n) is 14.9. The third kappa shape index (κ3) is 4.85. The molecule has 1 atom stereocenters. The molecule has 0 unspecified atom stereocenters. The molecule has 0 radical (unpaired) electrons. The van der Waals surface area contributed by atoms with E-state index in [0.717, 1.165) is 23.4 Å². The first-order chi connectivity index (χ1) is 12.2. The lowest BCUT2D eigenvalue weighted by Gasteiger charge is -2.21. The number of halogens is 1. The van der Waals surface area contributed by atoms with Crippen LogP contribution in [-0.2, 0) is 24.1 Å². The number of amides is 1. The minimum absolute atomic E-state index is 0.102. The molecule has 0 heterocycles. The van der Waals surface area contributed by atoms with Crippen molar-refractivity contribution < 1.29 is 4.79 Å². The fourth-order valence-electron chi connectivity index (χ4n) is 3.57. The molecule has 1 amide bonds. The van der Waals surface area contributed by atoms with E-state index in [-0.39, 0.29) is 11.9 Å². The van der Waals surface area contributed by atoms with Gasteiger partial charge in [-0.2, -0.15) is 0 Å². The van der Waals surface area contributed by atoms with E-state index in [0.29, 0.717) is 6.42 Å². The van der Waals surface area contributed by atoms with Crippen LogP contribution in [0.1, 0.15) is 60.9 Å². The van der Waals surface area contributed by atoms with Crippen LogP contribution in [-0.4, -0.2) is 5.91 Å². The molecule has 0 aromatic heterocycles. The summed E-state index contributed by atoms with van der Waals surface area (Å²) in [6, 6.07) is 14.6. The topological polar surface area (TPSA) is 29.1 Å². The Hall–Kier alpha value is -1.80. The molecule has 3 heteroatoms. The van der Waals surface area contributed by atoms with Crippen molar-refractivity contribution >= 4 is 17.5 Å². The van der Waals surface area contributed by atoms with Crippen molar-refractivity contribution in [2.75, 3.05) is 0 Å². The van der Waals surface area contributed by atoms with Crippen LogP contribution in [0.25, 0.3) is 0 Å². The smallest absolute Gasteiger partial charge is 0.220 e. The van der Waals surface area contributed by atoms with E-state index in [1.807, 2.05) is 24.3 Å². The molecule has 25 heavy (non-hydrogen) atoms. The van der Waals surface area contributed by atoms with Crippen LogP contribution < -0.4 is 5.32 Å². The molecule has 0 saturated carbocycles. The second kappa shape index (κ2) is 8.53. The van der Waals surface area contributed by atoms with Crippen LogP contribution >= 0.6 is 11.6 Å².